The molecule has 0 unspecified atom stereocenters. The van der Waals surface area contributed by atoms with Gasteiger partial charge in [-0.1, -0.05) is 41.4 Å². The van der Waals surface area contributed by atoms with E-state index in [1.807, 2.05) is 24.3 Å². The van der Waals surface area contributed by atoms with Gasteiger partial charge in [0.1, 0.15) is 0 Å². The Morgan fingerprint density at radius 3 is 2.64 bits per heavy atom. The van der Waals surface area contributed by atoms with Crippen molar-refractivity contribution in [3.05, 3.63) is 64.7 Å². The number of benzene rings is 2. The Hall–Kier alpha value is -1.66. The fourth-order valence-corrected chi connectivity index (χ4v) is 3.73. The Morgan fingerprint density at radius 1 is 1.18 bits per heavy atom. The second kappa shape index (κ2) is 10.8. The zero-order chi connectivity index (χ0) is 19.8. The highest BCUT2D eigenvalue weighted by molar-refractivity contribution is 7.80. The van der Waals surface area contributed by atoms with Crippen molar-refractivity contribution in [3.8, 4) is 0 Å². The zero-order valence-electron chi connectivity index (χ0n) is 16.4. The molecule has 1 aliphatic heterocycles. The summed E-state index contributed by atoms with van der Waals surface area (Å²) in [6, 6.07) is 16.3. The average molecular weight is 418 g/mol. The summed E-state index contributed by atoms with van der Waals surface area (Å²) in [7, 11) is 0. The van der Waals surface area contributed by atoms with Gasteiger partial charge in [-0.2, -0.15) is 0 Å². The normalized spacial score (nSPS) is 14.6. The third-order valence-electron chi connectivity index (χ3n) is 4.84. The number of aryl methyl sites for hydroxylation is 1. The molecule has 0 radical (unpaired) electrons. The van der Waals surface area contributed by atoms with Crippen LogP contribution in [0.25, 0.3) is 0 Å². The molecule has 0 saturated carbocycles. The average Bonchev–Trinajstić information content (AvgIpc) is 2.70. The largest absolute Gasteiger partial charge is 0.379 e. The van der Waals surface area contributed by atoms with E-state index in [1.165, 1.54) is 11.1 Å². The van der Waals surface area contributed by atoms with Crippen LogP contribution in [-0.4, -0.2) is 54.3 Å². The lowest BCUT2D eigenvalue weighted by Gasteiger charge is -2.29. The maximum absolute atomic E-state index is 5.99. The van der Waals surface area contributed by atoms with Crippen molar-refractivity contribution in [3.63, 3.8) is 0 Å². The molecule has 4 nitrogen and oxygen atoms in total. The lowest BCUT2D eigenvalue weighted by atomic mass is 10.1. The highest BCUT2D eigenvalue weighted by atomic mass is 35.5. The Morgan fingerprint density at radius 2 is 1.93 bits per heavy atom. The van der Waals surface area contributed by atoms with Gasteiger partial charge in [-0.3, -0.25) is 4.90 Å². The van der Waals surface area contributed by atoms with Gasteiger partial charge >= 0.3 is 0 Å². The van der Waals surface area contributed by atoms with Gasteiger partial charge in [0.2, 0.25) is 0 Å². The molecule has 0 bridgehead atoms. The fraction of sp³-hybridized carbons (Fsp3) is 0.409. The number of morpholine rings is 1. The molecule has 6 heteroatoms. The first kappa shape index (κ1) is 21.1. The van der Waals surface area contributed by atoms with E-state index in [0.717, 1.165) is 68.2 Å². The van der Waals surface area contributed by atoms with Crippen molar-refractivity contribution in [2.24, 2.45) is 0 Å². The monoisotopic (exact) mass is 417 g/mol. The summed E-state index contributed by atoms with van der Waals surface area (Å²) in [6.45, 7) is 8.60. The molecule has 1 fully saturated rings. The molecule has 1 heterocycles. The van der Waals surface area contributed by atoms with E-state index in [2.05, 4.69) is 46.3 Å². The van der Waals surface area contributed by atoms with E-state index < -0.39 is 0 Å². The van der Waals surface area contributed by atoms with Gasteiger partial charge in [-0.25, -0.2) is 0 Å². The molecule has 1 saturated heterocycles. The molecule has 150 valence electrons. The number of ether oxygens (including phenoxy) is 1. The maximum atomic E-state index is 5.99. The lowest BCUT2D eigenvalue weighted by molar-refractivity contribution is 0.0368. The Balaban J connectivity index is 1.62. The molecule has 0 atom stereocenters. The molecule has 0 aliphatic carbocycles. The molecule has 0 spiro atoms. The van der Waals surface area contributed by atoms with Crippen LogP contribution in [0, 0.1) is 6.92 Å². The Bertz CT molecular complexity index is 763. The van der Waals surface area contributed by atoms with Crippen LogP contribution in [0.3, 0.4) is 0 Å². The van der Waals surface area contributed by atoms with Gasteiger partial charge in [0.05, 0.1) is 13.2 Å². The number of anilines is 1. The van der Waals surface area contributed by atoms with Crippen LogP contribution in [-0.2, 0) is 11.3 Å². The summed E-state index contributed by atoms with van der Waals surface area (Å²) in [6.07, 6.45) is 1.06. The van der Waals surface area contributed by atoms with E-state index in [0.29, 0.717) is 0 Å². The van der Waals surface area contributed by atoms with Crippen molar-refractivity contribution < 1.29 is 4.74 Å². The lowest BCUT2D eigenvalue weighted by Crippen LogP contribution is -2.40. The van der Waals surface area contributed by atoms with Gasteiger partial charge in [-0.15, -0.1) is 0 Å². The van der Waals surface area contributed by atoms with Crippen LogP contribution in [0.5, 0.6) is 0 Å². The third kappa shape index (κ3) is 6.74. The van der Waals surface area contributed by atoms with E-state index in [-0.39, 0.29) is 0 Å². The minimum Gasteiger partial charge on any atom is -0.379 e. The van der Waals surface area contributed by atoms with Crippen LogP contribution in [0.15, 0.2) is 48.5 Å². The Labute approximate surface area is 178 Å². The van der Waals surface area contributed by atoms with Crippen LogP contribution in [0.4, 0.5) is 5.69 Å². The van der Waals surface area contributed by atoms with E-state index in [9.17, 15) is 0 Å². The van der Waals surface area contributed by atoms with Crippen molar-refractivity contribution in [1.29, 1.82) is 0 Å². The summed E-state index contributed by atoms with van der Waals surface area (Å²) < 4.78 is 5.44. The molecule has 28 heavy (non-hydrogen) atoms. The molecule has 0 aromatic heterocycles. The van der Waals surface area contributed by atoms with Gasteiger partial charge in [0, 0.05) is 43.4 Å². The molecule has 3 rings (SSSR count). The number of thiocarbonyl (C=S) groups is 1. The zero-order valence-corrected chi connectivity index (χ0v) is 17.9. The first-order chi connectivity index (χ1) is 13.6. The molecule has 2 aromatic carbocycles. The van der Waals surface area contributed by atoms with Crippen LogP contribution in [0.2, 0.25) is 5.02 Å². The van der Waals surface area contributed by atoms with E-state index >= 15 is 0 Å². The molecule has 2 aromatic rings. The highest BCUT2D eigenvalue weighted by Gasteiger charge is 2.14. The number of hydrogen-bond donors (Lipinski definition) is 1. The van der Waals surface area contributed by atoms with Gasteiger partial charge in [0.15, 0.2) is 5.11 Å². The minimum absolute atomic E-state index is 0.721. The SMILES string of the molecule is Cc1cccc(CN(CCCN2CCOCC2)C(=S)Nc2ccc(Cl)cc2)c1. The summed E-state index contributed by atoms with van der Waals surface area (Å²) >= 11 is 11.7. The molecule has 1 N–H and O–H groups in total. The highest BCUT2D eigenvalue weighted by Crippen LogP contribution is 2.15. The quantitative estimate of drug-likeness (QED) is 0.666. The number of rotatable bonds is 7. The van der Waals surface area contributed by atoms with Crippen LogP contribution in [0.1, 0.15) is 17.5 Å². The van der Waals surface area contributed by atoms with Crippen LogP contribution < -0.4 is 5.32 Å². The summed E-state index contributed by atoms with van der Waals surface area (Å²) in [5, 5.41) is 4.82. The standard InChI is InChI=1S/C22H28ClN3OS/c1-18-4-2-5-19(16-18)17-26(11-3-10-25-12-14-27-15-13-25)22(28)24-21-8-6-20(23)7-9-21/h2,4-9,16H,3,10-15,17H2,1H3,(H,24,28). The maximum Gasteiger partial charge on any atom is 0.173 e. The number of hydrogen-bond acceptors (Lipinski definition) is 3. The van der Waals surface area contributed by atoms with Crippen LogP contribution >= 0.6 is 23.8 Å². The predicted molar refractivity (Wildman–Crippen MR) is 121 cm³/mol. The second-order valence-electron chi connectivity index (χ2n) is 7.16. The summed E-state index contributed by atoms with van der Waals surface area (Å²) in [5.41, 5.74) is 3.49. The van der Waals surface area contributed by atoms with Crippen molar-refractivity contribution in [2.75, 3.05) is 44.7 Å². The first-order valence-corrected chi connectivity index (χ1v) is 10.6. The summed E-state index contributed by atoms with van der Waals surface area (Å²) in [5.74, 6) is 0. The van der Waals surface area contributed by atoms with Crippen molar-refractivity contribution >= 4 is 34.6 Å². The summed E-state index contributed by atoms with van der Waals surface area (Å²) in [4.78, 5) is 4.71. The molecular weight excluding hydrogens is 390 g/mol. The third-order valence-corrected chi connectivity index (χ3v) is 5.46. The van der Waals surface area contributed by atoms with Gasteiger partial charge in [-0.05, 0) is 55.4 Å². The number of nitrogens with zero attached hydrogens (tertiary/aromatic N) is 2. The van der Waals surface area contributed by atoms with E-state index in [1.54, 1.807) is 0 Å². The van der Waals surface area contributed by atoms with E-state index in [4.69, 9.17) is 28.6 Å². The smallest absolute Gasteiger partial charge is 0.173 e. The Kier molecular flexibility index (Phi) is 8.10. The molecule has 1 aliphatic rings. The van der Waals surface area contributed by atoms with Gasteiger partial charge < -0.3 is 15.0 Å². The minimum atomic E-state index is 0.721. The molecular formula is C22H28ClN3OS. The topological polar surface area (TPSA) is 27.7 Å². The first-order valence-electron chi connectivity index (χ1n) is 9.77. The van der Waals surface area contributed by atoms with Gasteiger partial charge in [0.25, 0.3) is 0 Å². The predicted octanol–water partition coefficient (Wildman–Crippen LogP) is 4.57. The van der Waals surface area contributed by atoms with Crippen molar-refractivity contribution in [2.45, 2.75) is 19.9 Å². The van der Waals surface area contributed by atoms with Crippen molar-refractivity contribution in [1.82, 2.24) is 9.80 Å². The number of nitrogens with one attached hydrogen (secondary N) is 1. The molecule has 0 amide bonds. The second-order valence-corrected chi connectivity index (χ2v) is 7.98. The number of halogens is 1. The fourth-order valence-electron chi connectivity index (χ4n) is 3.33.